The Bertz CT molecular complexity index is 1020. The maximum atomic E-state index is 13.4. The molecule has 4 N–H and O–H groups in total. The molecule has 0 aliphatic rings. The SMILES string of the molecule is COc1cccc2[nH]c(C(=O)C[C@@H](CC(C)C)C(=O)NN(CCC(N)=O)C(=O)[C@H](F)Cl)cc12. The summed E-state index contributed by atoms with van der Waals surface area (Å²) in [5.74, 6) is -3.12. The third-order valence-corrected chi connectivity index (χ3v) is 5.17. The second-order valence-electron chi connectivity index (χ2n) is 8.04. The van der Waals surface area contributed by atoms with Crippen molar-refractivity contribution in [3.05, 3.63) is 30.0 Å². The van der Waals surface area contributed by atoms with Crippen LogP contribution in [0.15, 0.2) is 24.3 Å². The van der Waals surface area contributed by atoms with Crippen LogP contribution in [0.1, 0.15) is 43.6 Å². The standard InChI is InChI=1S/C22H28ClFN4O5/c1-12(2)9-13(21(31)27-28(8-7-19(25)30)22(32)20(23)24)10-17(29)16-11-14-15(26-16)5-4-6-18(14)33-3/h4-6,11-13,20,26H,7-10H2,1-3H3,(H2,25,30)(H,27,31)/t13-,20+/m1/s1. The molecule has 0 aliphatic heterocycles. The molecule has 2 aromatic rings. The van der Waals surface area contributed by atoms with Crippen molar-refractivity contribution in [2.24, 2.45) is 17.6 Å². The lowest BCUT2D eigenvalue weighted by atomic mass is 9.91. The third kappa shape index (κ3) is 7.18. The van der Waals surface area contributed by atoms with Gasteiger partial charge in [0.05, 0.1) is 19.3 Å². The number of aromatic nitrogens is 1. The van der Waals surface area contributed by atoms with Crippen LogP contribution in [0.2, 0.25) is 0 Å². The lowest BCUT2D eigenvalue weighted by Crippen LogP contribution is -2.51. The first-order valence-electron chi connectivity index (χ1n) is 10.4. The zero-order valence-electron chi connectivity index (χ0n) is 18.7. The van der Waals surface area contributed by atoms with Crippen LogP contribution in [0.5, 0.6) is 5.75 Å². The Hall–Kier alpha value is -3.14. The summed E-state index contributed by atoms with van der Waals surface area (Å²) >= 11 is 5.22. The van der Waals surface area contributed by atoms with Crippen molar-refractivity contribution in [3.63, 3.8) is 0 Å². The number of ketones is 1. The molecule has 9 nitrogen and oxygen atoms in total. The summed E-state index contributed by atoms with van der Waals surface area (Å²) < 4.78 is 18.7. The lowest BCUT2D eigenvalue weighted by molar-refractivity contribution is -0.145. The molecule has 3 amide bonds. The largest absolute Gasteiger partial charge is 0.496 e. The molecule has 2 atom stereocenters. The van der Waals surface area contributed by atoms with Gasteiger partial charge in [0, 0.05) is 29.7 Å². The molecule has 0 saturated heterocycles. The number of benzene rings is 1. The van der Waals surface area contributed by atoms with E-state index in [-0.39, 0.29) is 31.1 Å². The number of halogens is 2. The number of aromatic amines is 1. The van der Waals surface area contributed by atoms with Gasteiger partial charge in [-0.25, -0.2) is 9.40 Å². The van der Waals surface area contributed by atoms with Gasteiger partial charge in [0.1, 0.15) is 5.75 Å². The molecule has 0 unspecified atom stereocenters. The zero-order chi connectivity index (χ0) is 24.7. The molecule has 0 bridgehead atoms. The number of fused-ring (bicyclic) bond motifs is 1. The Balaban J connectivity index is 2.21. The van der Waals surface area contributed by atoms with Gasteiger partial charge < -0.3 is 15.5 Å². The topological polar surface area (TPSA) is 135 Å². The minimum Gasteiger partial charge on any atom is -0.496 e. The summed E-state index contributed by atoms with van der Waals surface area (Å²) in [4.78, 5) is 52.0. The highest BCUT2D eigenvalue weighted by molar-refractivity contribution is 6.29. The predicted octanol–water partition coefficient (Wildman–Crippen LogP) is 2.68. The fourth-order valence-electron chi connectivity index (χ4n) is 3.43. The first-order valence-corrected chi connectivity index (χ1v) is 10.8. The number of primary amides is 1. The van der Waals surface area contributed by atoms with E-state index < -0.39 is 29.3 Å². The van der Waals surface area contributed by atoms with E-state index in [1.54, 1.807) is 24.3 Å². The summed E-state index contributed by atoms with van der Waals surface area (Å²) in [5, 5.41) is 1.35. The number of H-pyrrole nitrogens is 1. The Morgan fingerprint density at radius 2 is 1.97 bits per heavy atom. The van der Waals surface area contributed by atoms with Crippen LogP contribution in [0.25, 0.3) is 10.9 Å². The molecule has 0 aliphatic carbocycles. The Labute approximate surface area is 195 Å². The normalized spacial score (nSPS) is 12.9. The van der Waals surface area contributed by atoms with Gasteiger partial charge in [-0.1, -0.05) is 31.5 Å². The second kappa shape index (κ2) is 11.6. The maximum absolute atomic E-state index is 13.4. The number of carbonyl (C=O) groups is 4. The van der Waals surface area contributed by atoms with E-state index >= 15 is 0 Å². The van der Waals surface area contributed by atoms with E-state index in [2.05, 4.69) is 10.4 Å². The first kappa shape index (κ1) is 26.1. The van der Waals surface area contributed by atoms with Gasteiger partial charge in [0.25, 0.3) is 11.5 Å². The van der Waals surface area contributed by atoms with Gasteiger partial charge in [-0.15, -0.1) is 0 Å². The van der Waals surface area contributed by atoms with E-state index in [1.165, 1.54) is 7.11 Å². The predicted molar refractivity (Wildman–Crippen MR) is 121 cm³/mol. The van der Waals surface area contributed by atoms with Crippen molar-refractivity contribution in [2.75, 3.05) is 13.7 Å². The number of methoxy groups -OCH3 is 1. The van der Waals surface area contributed by atoms with Crippen molar-refractivity contribution >= 4 is 46.0 Å². The van der Waals surface area contributed by atoms with Crippen LogP contribution in [0, 0.1) is 11.8 Å². The summed E-state index contributed by atoms with van der Waals surface area (Å²) in [6, 6.07) is 7.01. The van der Waals surface area contributed by atoms with Crippen LogP contribution in [-0.4, -0.2) is 52.8 Å². The summed E-state index contributed by atoms with van der Waals surface area (Å²) in [6.07, 6.45) is -0.129. The minimum atomic E-state index is -2.41. The number of hydrazine groups is 1. The summed E-state index contributed by atoms with van der Waals surface area (Å²) in [5.41, 5.74) is 5.98. The van der Waals surface area contributed by atoms with Crippen molar-refractivity contribution in [1.82, 2.24) is 15.4 Å². The van der Waals surface area contributed by atoms with Crippen molar-refractivity contribution in [1.29, 1.82) is 0 Å². The van der Waals surface area contributed by atoms with E-state index in [0.717, 1.165) is 5.39 Å². The number of amides is 3. The molecular weight excluding hydrogens is 455 g/mol. The fraction of sp³-hybridized carbons (Fsp3) is 0.455. The van der Waals surface area contributed by atoms with Crippen molar-refractivity contribution < 1.29 is 28.3 Å². The number of hydrogen-bond donors (Lipinski definition) is 3. The van der Waals surface area contributed by atoms with Gasteiger partial charge >= 0.3 is 0 Å². The Kier molecular flexibility index (Phi) is 9.22. The number of hydrogen-bond acceptors (Lipinski definition) is 5. The summed E-state index contributed by atoms with van der Waals surface area (Å²) in [6.45, 7) is 3.41. The van der Waals surface area contributed by atoms with Crippen LogP contribution < -0.4 is 15.9 Å². The van der Waals surface area contributed by atoms with Crippen LogP contribution in [0.3, 0.4) is 0 Å². The van der Waals surface area contributed by atoms with Gasteiger partial charge in [-0.2, -0.15) is 0 Å². The fourth-order valence-corrected chi connectivity index (χ4v) is 3.54. The molecule has 33 heavy (non-hydrogen) atoms. The van der Waals surface area contributed by atoms with E-state index in [0.29, 0.717) is 28.4 Å². The smallest absolute Gasteiger partial charge is 0.291 e. The molecule has 0 fully saturated rings. The molecule has 1 aromatic heterocycles. The number of nitrogens with zero attached hydrogens (tertiary/aromatic N) is 1. The molecule has 0 saturated carbocycles. The highest BCUT2D eigenvalue weighted by Crippen LogP contribution is 2.27. The van der Waals surface area contributed by atoms with Crippen LogP contribution in [-0.2, 0) is 14.4 Å². The first-order chi connectivity index (χ1) is 15.5. The quantitative estimate of drug-likeness (QED) is 0.257. The average Bonchev–Trinajstić information content (AvgIpc) is 3.19. The monoisotopic (exact) mass is 482 g/mol. The van der Waals surface area contributed by atoms with E-state index in [9.17, 15) is 23.6 Å². The summed E-state index contributed by atoms with van der Waals surface area (Å²) in [7, 11) is 1.53. The number of nitrogens with two attached hydrogens (primary N) is 1. The number of ether oxygens (including phenoxy) is 1. The molecule has 0 spiro atoms. The van der Waals surface area contributed by atoms with Gasteiger partial charge in [0.15, 0.2) is 5.78 Å². The molecular formula is C22H28ClFN4O5. The molecule has 1 heterocycles. The van der Waals surface area contributed by atoms with E-state index in [4.69, 9.17) is 22.1 Å². The highest BCUT2D eigenvalue weighted by Gasteiger charge is 2.29. The zero-order valence-corrected chi connectivity index (χ0v) is 19.4. The van der Waals surface area contributed by atoms with Crippen LogP contribution >= 0.6 is 11.6 Å². The second-order valence-corrected chi connectivity index (χ2v) is 8.42. The Morgan fingerprint density at radius 3 is 2.55 bits per heavy atom. The van der Waals surface area contributed by atoms with E-state index in [1.807, 2.05) is 13.8 Å². The molecule has 11 heteroatoms. The van der Waals surface area contributed by atoms with Crippen LogP contribution in [0.4, 0.5) is 4.39 Å². The number of alkyl halides is 2. The molecule has 0 radical (unpaired) electrons. The number of rotatable bonds is 11. The average molecular weight is 483 g/mol. The van der Waals surface area contributed by atoms with Crippen molar-refractivity contribution in [2.45, 2.75) is 38.7 Å². The number of nitrogens with one attached hydrogen (secondary N) is 2. The lowest BCUT2D eigenvalue weighted by Gasteiger charge is -2.26. The number of carbonyl (C=O) groups excluding carboxylic acids is 4. The maximum Gasteiger partial charge on any atom is 0.291 e. The molecule has 1 aromatic carbocycles. The minimum absolute atomic E-state index is 0.0491. The highest BCUT2D eigenvalue weighted by atomic mass is 35.5. The van der Waals surface area contributed by atoms with Gasteiger partial charge in [-0.05, 0) is 30.5 Å². The third-order valence-electron chi connectivity index (χ3n) is 4.98. The number of Topliss-reactive ketones (excluding diaryl/α,β-unsaturated/α-hetero) is 1. The van der Waals surface area contributed by atoms with Gasteiger partial charge in [0.2, 0.25) is 11.8 Å². The van der Waals surface area contributed by atoms with Gasteiger partial charge in [-0.3, -0.25) is 24.6 Å². The molecule has 180 valence electrons. The van der Waals surface area contributed by atoms with Crippen molar-refractivity contribution in [3.8, 4) is 5.75 Å². The Morgan fingerprint density at radius 1 is 1.27 bits per heavy atom. The molecule has 2 rings (SSSR count).